The predicted octanol–water partition coefficient (Wildman–Crippen LogP) is 1.55. The van der Waals surface area contributed by atoms with Crippen LogP contribution in [0.1, 0.15) is 37.3 Å². The largest absolute Gasteiger partial charge is 0.338 e. The van der Waals surface area contributed by atoms with E-state index in [1.807, 2.05) is 11.8 Å². The van der Waals surface area contributed by atoms with E-state index < -0.39 is 0 Å². The fourth-order valence-corrected chi connectivity index (χ4v) is 3.84. The van der Waals surface area contributed by atoms with Gasteiger partial charge in [0.1, 0.15) is 5.82 Å². The summed E-state index contributed by atoms with van der Waals surface area (Å²) < 4.78 is 0. The first kappa shape index (κ1) is 12.3. The second-order valence-electron chi connectivity index (χ2n) is 5.40. The van der Waals surface area contributed by atoms with Crippen molar-refractivity contribution in [2.75, 3.05) is 23.7 Å². The zero-order chi connectivity index (χ0) is 12.5. The van der Waals surface area contributed by atoms with Gasteiger partial charge in [0.15, 0.2) is 0 Å². The molecule has 6 heteroatoms. The summed E-state index contributed by atoms with van der Waals surface area (Å²) in [6.45, 7) is 4.11. The Morgan fingerprint density at radius 2 is 2.33 bits per heavy atom. The van der Waals surface area contributed by atoms with Gasteiger partial charge in [-0.1, -0.05) is 6.92 Å². The second-order valence-corrected chi connectivity index (χ2v) is 6.71. The average molecular weight is 267 g/mol. The van der Waals surface area contributed by atoms with E-state index >= 15 is 0 Å². The van der Waals surface area contributed by atoms with E-state index in [4.69, 9.17) is 5.73 Å². The molecule has 3 atom stereocenters. The molecular formula is C12H21N5S. The van der Waals surface area contributed by atoms with Crippen LogP contribution >= 0.6 is 11.8 Å². The number of hydrogen-bond acceptors (Lipinski definition) is 5. The predicted molar refractivity (Wildman–Crippen MR) is 74.8 cm³/mol. The molecule has 5 nitrogen and oxygen atoms in total. The molecule has 0 spiro atoms. The van der Waals surface area contributed by atoms with Gasteiger partial charge in [-0.3, -0.25) is 5.10 Å². The van der Waals surface area contributed by atoms with E-state index in [9.17, 15) is 0 Å². The Morgan fingerprint density at radius 1 is 1.44 bits per heavy atom. The number of piperidine rings is 1. The van der Waals surface area contributed by atoms with E-state index in [2.05, 4.69) is 27.0 Å². The van der Waals surface area contributed by atoms with Gasteiger partial charge in [0, 0.05) is 19.1 Å². The van der Waals surface area contributed by atoms with Gasteiger partial charge in [0.25, 0.3) is 0 Å². The minimum Gasteiger partial charge on any atom is -0.338 e. The molecule has 0 radical (unpaired) electrons. The highest BCUT2D eigenvalue weighted by Gasteiger charge is 2.27. The monoisotopic (exact) mass is 267 g/mol. The Morgan fingerprint density at radius 3 is 3.06 bits per heavy atom. The number of nitrogens with two attached hydrogens (primary N) is 1. The van der Waals surface area contributed by atoms with Crippen molar-refractivity contribution in [2.45, 2.75) is 37.5 Å². The van der Waals surface area contributed by atoms with E-state index in [-0.39, 0.29) is 6.04 Å². The van der Waals surface area contributed by atoms with Gasteiger partial charge in [-0.2, -0.15) is 16.7 Å². The summed E-state index contributed by atoms with van der Waals surface area (Å²) >= 11 is 1.98. The summed E-state index contributed by atoms with van der Waals surface area (Å²) in [5, 5.41) is 7.99. The molecule has 1 aromatic rings. The Balaban J connectivity index is 1.69. The van der Waals surface area contributed by atoms with Crippen LogP contribution in [-0.2, 0) is 0 Å². The first-order valence-corrected chi connectivity index (χ1v) is 7.83. The molecule has 3 N–H and O–H groups in total. The summed E-state index contributed by atoms with van der Waals surface area (Å²) in [4.78, 5) is 6.87. The van der Waals surface area contributed by atoms with Gasteiger partial charge < -0.3 is 10.6 Å². The Hall–Kier alpha value is -0.750. The minimum absolute atomic E-state index is 0.238. The number of anilines is 1. The van der Waals surface area contributed by atoms with Crippen LogP contribution in [0.15, 0.2) is 0 Å². The average Bonchev–Trinajstić information content (AvgIpc) is 3.01. The fourth-order valence-electron chi connectivity index (χ4n) is 2.62. The van der Waals surface area contributed by atoms with Crippen molar-refractivity contribution in [3.63, 3.8) is 0 Å². The molecule has 0 aliphatic carbocycles. The van der Waals surface area contributed by atoms with Crippen molar-refractivity contribution in [3.8, 4) is 0 Å². The van der Waals surface area contributed by atoms with Crippen LogP contribution in [0, 0.1) is 5.92 Å². The van der Waals surface area contributed by atoms with Gasteiger partial charge in [0.05, 0.1) is 5.25 Å². The Labute approximate surface area is 112 Å². The molecule has 1 aromatic heterocycles. The Bertz CT molecular complexity index is 401. The van der Waals surface area contributed by atoms with Crippen molar-refractivity contribution in [3.05, 3.63) is 5.82 Å². The SMILES string of the molecule is CC1CCN(c2n[nH]c(C3CCCS3)n2)CC1N. The van der Waals surface area contributed by atoms with Gasteiger partial charge in [0.2, 0.25) is 5.95 Å². The van der Waals surface area contributed by atoms with Crippen LogP contribution in [0.4, 0.5) is 5.95 Å². The smallest absolute Gasteiger partial charge is 0.244 e. The molecule has 3 rings (SSSR count). The molecule has 3 heterocycles. The molecule has 2 saturated heterocycles. The topological polar surface area (TPSA) is 70.8 Å². The third-order valence-corrected chi connectivity index (χ3v) is 5.41. The van der Waals surface area contributed by atoms with Gasteiger partial charge >= 0.3 is 0 Å². The lowest BCUT2D eigenvalue weighted by Gasteiger charge is -2.34. The molecule has 0 bridgehead atoms. The molecule has 3 unspecified atom stereocenters. The normalized spacial score (nSPS) is 33.0. The molecule has 18 heavy (non-hydrogen) atoms. The maximum Gasteiger partial charge on any atom is 0.244 e. The van der Waals surface area contributed by atoms with Gasteiger partial charge in [-0.15, -0.1) is 5.10 Å². The van der Waals surface area contributed by atoms with Crippen LogP contribution < -0.4 is 10.6 Å². The van der Waals surface area contributed by atoms with Gasteiger partial charge in [-0.05, 0) is 30.9 Å². The molecule has 2 fully saturated rings. The number of H-pyrrole nitrogens is 1. The Kier molecular flexibility index (Phi) is 3.48. The number of nitrogens with zero attached hydrogens (tertiary/aromatic N) is 3. The first-order chi connectivity index (χ1) is 8.74. The lowest BCUT2D eigenvalue weighted by atomic mass is 9.95. The minimum atomic E-state index is 0.238. The maximum absolute atomic E-state index is 6.12. The lowest BCUT2D eigenvalue weighted by molar-refractivity contribution is 0.376. The number of hydrogen-bond donors (Lipinski definition) is 2. The van der Waals surface area contributed by atoms with Crippen molar-refractivity contribution in [1.29, 1.82) is 0 Å². The molecular weight excluding hydrogens is 246 g/mol. The second kappa shape index (κ2) is 5.09. The third-order valence-electron chi connectivity index (χ3n) is 4.02. The standard InChI is InChI=1S/C12H21N5S/c1-8-4-5-17(7-9(8)13)12-14-11(15-16-12)10-3-2-6-18-10/h8-10H,2-7,13H2,1H3,(H,14,15,16). The van der Waals surface area contributed by atoms with Crippen LogP contribution in [0.5, 0.6) is 0 Å². The molecule has 2 aliphatic rings. The molecule has 0 amide bonds. The zero-order valence-corrected chi connectivity index (χ0v) is 11.6. The van der Waals surface area contributed by atoms with E-state index in [1.165, 1.54) is 18.6 Å². The summed E-state index contributed by atoms with van der Waals surface area (Å²) in [5.41, 5.74) is 6.12. The summed E-state index contributed by atoms with van der Waals surface area (Å²) in [6, 6.07) is 0.238. The quantitative estimate of drug-likeness (QED) is 0.850. The van der Waals surface area contributed by atoms with E-state index in [0.717, 1.165) is 31.3 Å². The number of aromatic nitrogens is 3. The summed E-state index contributed by atoms with van der Waals surface area (Å²) in [7, 11) is 0. The fraction of sp³-hybridized carbons (Fsp3) is 0.833. The van der Waals surface area contributed by atoms with E-state index in [0.29, 0.717) is 11.2 Å². The van der Waals surface area contributed by atoms with Crippen LogP contribution in [-0.4, -0.2) is 40.1 Å². The highest BCUT2D eigenvalue weighted by Crippen LogP contribution is 2.38. The summed E-state index contributed by atoms with van der Waals surface area (Å²) in [5.74, 6) is 3.72. The molecule has 2 aliphatic heterocycles. The first-order valence-electron chi connectivity index (χ1n) is 6.78. The highest BCUT2D eigenvalue weighted by atomic mass is 32.2. The van der Waals surface area contributed by atoms with Gasteiger partial charge in [-0.25, -0.2) is 0 Å². The number of thioether (sulfide) groups is 1. The van der Waals surface area contributed by atoms with Crippen LogP contribution in [0.3, 0.4) is 0 Å². The highest BCUT2D eigenvalue weighted by molar-refractivity contribution is 7.99. The maximum atomic E-state index is 6.12. The number of rotatable bonds is 2. The van der Waals surface area contributed by atoms with Crippen molar-refractivity contribution in [1.82, 2.24) is 15.2 Å². The van der Waals surface area contributed by atoms with E-state index in [1.54, 1.807) is 0 Å². The van der Waals surface area contributed by atoms with Crippen molar-refractivity contribution < 1.29 is 0 Å². The van der Waals surface area contributed by atoms with Crippen molar-refractivity contribution >= 4 is 17.7 Å². The lowest BCUT2D eigenvalue weighted by Crippen LogP contribution is -2.48. The zero-order valence-electron chi connectivity index (χ0n) is 10.8. The molecule has 100 valence electrons. The van der Waals surface area contributed by atoms with Crippen LogP contribution in [0.2, 0.25) is 0 Å². The third kappa shape index (κ3) is 2.36. The number of nitrogens with one attached hydrogen (secondary N) is 1. The van der Waals surface area contributed by atoms with Crippen molar-refractivity contribution in [2.24, 2.45) is 11.7 Å². The number of aromatic amines is 1. The molecule has 0 saturated carbocycles. The van der Waals surface area contributed by atoms with Crippen LogP contribution in [0.25, 0.3) is 0 Å². The molecule has 0 aromatic carbocycles. The summed E-state index contributed by atoms with van der Waals surface area (Å²) in [6.07, 6.45) is 3.64.